The van der Waals surface area contributed by atoms with E-state index in [0.29, 0.717) is 6.61 Å². The van der Waals surface area contributed by atoms with Crippen LogP contribution in [0.15, 0.2) is 60.7 Å². The molecule has 3 rings (SSSR count). The first-order valence-electron chi connectivity index (χ1n) is 8.03. The lowest BCUT2D eigenvalue weighted by molar-refractivity contribution is -0.150. The molecule has 0 spiro atoms. The quantitative estimate of drug-likeness (QED) is 0.939. The Balaban J connectivity index is 2.01. The monoisotopic (exact) mass is 312 g/mol. The highest BCUT2D eigenvalue weighted by atomic mass is 16.7. The van der Waals surface area contributed by atoms with E-state index in [1.54, 1.807) is 0 Å². The fourth-order valence-electron chi connectivity index (χ4n) is 3.00. The van der Waals surface area contributed by atoms with Crippen LogP contribution in [0, 0.1) is 5.41 Å². The van der Waals surface area contributed by atoms with Crippen molar-refractivity contribution in [2.45, 2.75) is 38.8 Å². The Morgan fingerprint density at radius 3 is 1.74 bits per heavy atom. The van der Waals surface area contributed by atoms with Crippen molar-refractivity contribution < 1.29 is 14.6 Å². The second kappa shape index (κ2) is 6.08. The molecule has 0 bridgehead atoms. The molecule has 0 amide bonds. The maximum Gasteiger partial charge on any atom is 0.163 e. The van der Waals surface area contributed by atoms with E-state index in [1.165, 1.54) is 0 Å². The first-order chi connectivity index (χ1) is 10.9. The lowest BCUT2D eigenvalue weighted by atomic mass is 9.82. The topological polar surface area (TPSA) is 38.7 Å². The van der Waals surface area contributed by atoms with Crippen molar-refractivity contribution in [1.82, 2.24) is 0 Å². The van der Waals surface area contributed by atoms with Crippen LogP contribution >= 0.6 is 0 Å². The van der Waals surface area contributed by atoms with Crippen molar-refractivity contribution in [3.8, 4) is 0 Å². The Morgan fingerprint density at radius 1 is 0.870 bits per heavy atom. The van der Waals surface area contributed by atoms with E-state index >= 15 is 0 Å². The molecule has 0 radical (unpaired) electrons. The molecule has 23 heavy (non-hydrogen) atoms. The maximum atomic E-state index is 11.6. The van der Waals surface area contributed by atoms with Gasteiger partial charge in [-0.05, 0) is 11.1 Å². The molecule has 0 aliphatic carbocycles. The van der Waals surface area contributed by atoms with Crippen LogP contribution in [0.3, 0.4) is 0 Å². The standard InChI is InChI=1S/C20H24O3/c1-19(2,3)18-22-14-17(23-18)20(21,15-10-6-4-7-11-15)16-12-8-5-9-13-16/h4-13,17-18,21H,14H2,1-3H3. The SMILES string of the molecule is CC(C)(C)C1OCC(C(O)(c2ccccc2)c2ccccc2)O1. The molecule has 0 saturated carbocycles. The third-order valence-electron chi connectivity index (χ3n) is 4.29. The van der Waals surface area contributed by atoms with Crippen LogP contribution in [-0.4, -0.2) is 24.1 Å². The number of hydrogen-bond acceptors (Lipinski definition) is 3. The molecule has 2 aromatic carbocycles. The summed E-state index contributed by atoms with van der Waals surface area (Å²) in [5.74, 6) is 0. The van der Waals surface area contributed by atoms with Gasteiger partial charge in [0.05, 0.1) is 6.61 Å². The molecule has 1 N–H and O–H groups in total. The lowest BCUT2D eigenvalue weighted by Gasteiger charge is -2.35. The highest BCUT2D eigenvalue weighted by Gasteiger charge is 2.48. The first kappa shape index (κ1) is 16.2. The van der Waals surface area contributed by atoms with Crippen LogP contribution in [-0.2, 0) is 15.1 Å². The first-order valence-corrected chi connectivity index (χ1v) is 8.03. The predicted octanol–water partition coefficient (Wildman–Crippen LogP) is 3.71. The smallest absolute Gasteiger partial charge is 0.163 e. The highest BCUT2D eigenvalue weighted by molar-refractivity contribution is 5.37. The highest BCUT2D eigenvalue weighted by Crippen LogP contribution is 2.40. The zero-order chi connectivity index (χ0) is 16.5. The van der Waals surface area contributed by atoms with E-state index in [0.717, 1.165) is 11.1 Å². The van der Waals surface area contributed by atoms with Crippen molar-refractivity contribution in [3.63, 3.8) is 0 Å². The zero-order valence-electron chi connectivity index (χ0n) is 13.9. The van der Waals surface area contributed by atoms with Gasteiger partial charge in [-0.1, -0.05) is 81.4 Å². The average Bonchev–Trinajstić information content (AvgIpc) is 3.06. The molecule has 122 valence electrons. The lowest BCUT2D eigenvalue weighted by Crippen LogP contribution is -2.43. The van der Waals surface area contributed by atoms with Gasteiger partial charge in [-0.25, -0.2) is 0 Å². The van der Waals surface area contributed by atoms with Crippen molar-refractivity contribution in [2.24, 2.45) is 5.41 Å². The van der Waals surface area contributed by atoms with E-state index in [-0.39, 0.29) is 11.7 Å². The van der Waals surface area contributed by atoms with E-state index in [2.05, 4.69) is 20.8 Å². The van der Waals surface area contributed by atoms with Gasteiger partial charge in [-0.2, -0.15) is 0 Å². The molecule has 1 fully saturated rings. The summed E-state index contributed by atoms with van der Waals surface area (Å²) in [6, 6.07) is 19.3. The van der Waals surface area contributed by atoms with Gasteiger partial charge in [-0.15, -0.1) is 0 Å². The Morgan fingerprint density at radius 2 is 1.35 bits per heavy atom. The third-order valence-corrected chi connectivity index (χ3v) is 4.29. The summed E-state index contributed by atoms with van der Waals surface area (Å²) in [4.78, 5) is 0. The summed E-state index contributed by atoms with van der Waals surface area (Å²) in [5.41, 5.74) is 0.259. The molecule has 1 heterocycles. The molecule has 1 aliphatic rings. The number of hydrogen-bond donors (Lipinski definition) is 1. The Bertz CT molecular complexity index is 591. The minimum absolute atomic E-state index is 0.136. The minimum atomic E-state index is -1.23. The van der Waals surface area contributed by atoms with Gasteiger partial charge in [0.1, 0.15) is 11.7 Å². The molecular formula is C20H24O3. The van der Waals surface area contributed by atoms with Gasteiger partial charge < -0.3 is 14.6 Å². The molecule has 3 heteroatoms. The van der Waals surface area contributed by atoms with Gasteiger partial charge in [0, 0.05) is 5.41 Å². The van der Waals surface area contributed by atoms with Gasteiger partial charge >= 0.3 is 0 Å². The van der Waals surface area contributed by atoms with Crippen LogP contribution in [0.2, 0.25) is 0 Å². The molecule has 2 aromatic rings. The van der Waals surface area contributed by atoms with Gasteiger partial charge in [0.25, 0.3) is 0 Å². The molecule has 0 aromatic heterocycles. The molecule has 2 unspecified atom stereocenters. The van der Waals surface area contributed by atoms with Crippen molar-refractivity contribution >= 4 is 0 Å². The second-order valence-electron chi connectivity index (χ2n) is 7.15. The number of rotatable bonds is 3. The van der Waals surface area contributed by atoms with Gasteiger partial charge in [0.15, 0.2) is 6.29 Å². The summed E-state index contributed by atoms with van der Waals surface area (Å²) < 4.78 is 12.0. The third kappa shape index (κ3) is 3.05. The largest absolute Gasteiger partial charge is 0.378 e. The second-order valence-corrected chi connectivity index (χ2v) is 7.15. The Labute approximate surface area is 137 Å². The summed E-state index contributed by atoms with van der Waals surface area (Å²) in [5, 5.41) is 11.6. The van der Waals surface area contributed by atoms with Gasteiger partial charge in [-0.3, -0.25) is 0 Å². The van der Waals surface area contributed by atoms with Crippen LogP contribution in [0.5, 0.6) is 0 Å². The predicted molar refractivity (Wildman–Crippen MR) is 90.0 cm³/mol. The normalized spacial score (nSPS) is 22.3. The van der Waals surface area contributed by atoms with Crippen LogP contribution in [0.4, 0.5) is 0 Å². The number of ether oxygens (including phenoxy) is 2. The fourth-order valence-corrected chi connectivity index (χ4v) is 3.00. The van der Waals surface area contributed by atoms with Gasteiger partial charge in [0.2, 0.25) is 0 Å². The number of aliphatic hydroxyl groups is 1. The minimum Gasteiger partial charge on any atom is -0.378 e. The van der Waals surface area contributed by atoms with E-state index in [9.17, 15) is 5.11 Å². The van der Waals surface area contributed by atoms with E-state index in [4.69, 9.17) is 9.47 Å². The summed E-state index contributed by atoms with van der Waals surface area (Å²) in [7, 11) is 0. The van der Waals surface area contributed by atoms with Crippen LogP contribution in [0.1, 0.15) is 31.9 Å². The molecule has 2 atom stereocenters. The molecular weight excluding hydrogens is 288 g/mol. The molecule has 1 aliphatic heterocycles. The summed E-state index contributed by atoms with van der Waals surface area (Å²) >= 11 is 0. The molecule has 3 nitrogen and oxygen atoms in total. The Kier molecular flexibility index (Phi) is 4.28. The Hall–Kier alpha value is -1.68. The summed E-state index contributed by atoms with van der Waals surface area (Å²) in [6.45, 7) is 6.58. The number of benzene rings is 2. The maximum absolute atomic E-state index is 11.6. The van der Waals surface area contributed by atoms with E-state index < -0.39 is 11.7 Å². The van der Waals surface area contributed by atoms with Crippen molar-refractivity contribution in [2.75, 3.05) is 6.61 Å². The zero-order valence-corrected chi connectivity index (χ0v) is 13.9. The van der Waals surface area contributed by atoms with Crippen LogP contribution in [0.25, 0.3) is 0 Å². The van der Waals surface area contributed by atoms with Crippen molar-refractivity contribution in [3.05, 3.63) is 71.8 Å². The van der Waals surface area contributed by atoms with E-state index in [1.807, 2.05) is 60.7 Å². The average molecular weight is 312 g/mol. The van der Waals surface area contributed by atoms with Crippen molar-refractivity contribution in [1.29, 1.82) is 0 Å². The molecule has 1 saturated heterocycles. The summed E-state index contributed by atoms with van der Waals surface area (Å²) in [6.07, 6.45) is -0.775. The van der Waals surface area contributed by atoms with Crippen LogP contribution < -0.4 is 0 Å². The fraction of sp³-hybridized carbons (Fsp3) is 0.400.